The second-order valence-electron chi connectivity index (χ2n) is 8.40. The lowest BCUT2D eigenvalue weighted by atomic mass is 9.94. The first-order chi connectivity index (χ1) is 16.4. The molecule has 2 aliphatic rings. The normalized spacial score (nSPS) is 20.8. The number of piperidine rings is 1. The first-order valence-electron chi connectivity index (χ1n) is 11.0. The van der Waals surface area contributed by atoms with Crippen LogP contribution >= 0.6 is 15.9 Å². The van der Waals surface area contributed by atoms with E-state index in [1.807, 2.05) is 35.9 Å². The Bertz CT molecular complexity index is 1300. The standard InChI is InChI=1S/C25H25BrFN5O2/c1-16-13-31(15-29-16)22-8-5-17(11-23(22)33-2)10-18-4-3-9-32-24(18)30-34-25(32,14-28)20-7-6-19(27)12-21(20)26/h5-8,10-13,15H,3-4,9,14,28H2,1-2H3/b18-10+/t25-/m0/s1. The average Bonchev–Trinajstić information content (AvgIpc) is 3.44. The van der Waals surface area contributed by atoms with Crippen LogP contribution in [-0.4, -0.2) is 40.5 Å². The number of ether oxygens (including phenoxy) is 1. The largest absolute Gasteiger partial charge is 0.495 e. The zero-order chi connectivity index (χ0) is 23.9. The van der Waals surface area contributed by atoms with E-state index in [0.29, 0.717) is 4.47 Å². The monoisotopic (exact) mass is 525 g/mol. The summed E-state index contributed by atoms with van der Waals surface area (Å²) in [4.78, 5) is 12.4. The molecule has 0 radical (unpaired) electrons. The van der Waals surface area contributed by atoms with Gasteiger partial charge in [-0.25, -0.2) is 9.37 Å². The van der Waals surface area contributed by atoms with Gasteiger partial charge in [0, 0.05) is 22.8 Å². The molecule has 1 saturated heterocycles. The molecule has 5 rings (SSSR count). The number of aromatic nitrogens is 2. The summed E-state index contributed by atoms with van der Waals surface area (Å²) in [6.45, 7) is 2.86. The number of nitrogens with two attached hydrogens (primary N) is 1. The number of nitrogens with zero attached hydrogens (tertiary/aromatic N) is 4. The molecule has 34 heavy (non-hydrogen) atoms. The zero-order valence-corrected chi connectivity index (χ0v) is 20.5. The van der Waals surface area contributed by atoms with Gasteiger partial charge < -0.3 is 24.8 Å². The number of methoxy groups -OCH3 is 1. The van der Waals surface area contributed by atoms with Crippen molar-refractivity contribution in [1.82, 2.24) is 14.5 Å². The van der Waals surface area contributed by atoms with E-state index in [0.717, 1.165) is 59.1 Å². The van der Waals surface area contributed by atoms with E-state index in [2.05, 4.69) is 37.0 Å². The predicted octanol–water partition coefficient (Wildman–Crippen LogP) is 4.73. The molecular formula is C25H25BrFN5O2. The quantitative estimate of drug-likeness (QED) is 0.521. The van der Waals surface area contributed by atoms with E-state index in [4.69, 9.17) is 15.3 Å². The van der Waals surface area contributed by atoms with Crippen molar-refractivity contribution in [1.29, 1.82) is 0 Å². The summed E-state index contributed by atoms with van der Waals surface area (Å²) < 4.78 is 21.9. The maximum atomic E-state index is 13.7. The summed E-state index contributed by atoms with van der Waals surface area (Å²) in [7, 11) is 1.66. The zero-order valence-electron chi connectivity index (χ0n) is 19.0. The fourth-order valence-electron chi connectivity index (χ4n) is 4.59. The van der Waals surface area contributed by atoms with Crippen molar-refractivity contribution in [3.63, 3.8) is 0 Å². The van der Waals surface area contributed by atoms with Gasteiger partial charge in [0.15, 0.2) is 5.84 Å². The lowest BCUT2D eigenvalue weighted by Gasteiger charge is -2.39. The van der Waals surface area contributed by atoms with Crippen LogP contribution in [0, 0.1) is 12.7 Å². The highest BCUT2D eigenvalue weighted by atomic mass is 79.9. The lowest BCUT2D eigenvalue weighted by molar-refractivity contribution is -0.0993. The van der Waals surface area contributed by atoms with Crippen molar-refractivity contribution in [3.05, 3.63) is 81.6 Å². The third-order valence-corrected chi connectivity index (χ3v) is 6.91. The van der Waals surface area contributed by atoms with Gasteiger partial charge in [0.25, 0.3) is 5.72 Å². The number of oxime groups is 1. The van der Waals surface area contributed by atoms with Crippen molar-refractivity contribution in [2.75, 3.05) is 20.2 Å². The van der Waals surface area contributed by atoms with Crippen LogP contribution in [0.5, 0.6) is 5.75 Å². The van der Waals surface area contributed by atoms with Crippen LogP contribution in [0.1, 0.15) is 29.7 Å². The Morgan fingerprint density at radius 2 is 2.15 bits per heavy atom. The second kappa shape index (κ2) is 8.88. The number of imidazole rings is 1. The smallest absolute Gasteiger partial charge is 0.250 e. The molecule has 0 amide bonds. The molecule has 0 unspecified atom stereocenters. The summed E-state index contributed by atoms with van der Waals surface area (Å²) in [5.74, 6) is 1.17. The molecule has 2 aliphatic heterocycles. The van der Waals surface area contributed by atoms with Crippen molar-refractivity contribution >= 4 is 27.8 Å². The molecular weight excluding hydrogens is 501 g/mol. The number of benzene rings is 2. The third kappa shape index (κ3) is 3.78. The molecule has 0 spiro atoms. The van der Waals surface area contributed by atoms with Gasteiger partial charge in [-0.2, -0.15) is 0 Å². The van der Waals surface area contributed by atoms with Crippen LogP contribution in [0.15, 0.2) is 64.1 Å². The molecule has 3 heterocycles. The Kier molecular flexibility index (Phi) is 5.91. The van der Waals surface area contributed by atoms with Crippen LogP contribution in [0.3, 0.4) is 0 Å². The van der Waals surface area contributed by atoms with Crippen LogP contribution < -0.4 is 10.5 Å². The Morgan fingerprint density at radius 1 is 1.29 bits per heavy atom. The van der Waals surface area contributed by atoms with Gasteiger partial charge in [-0.3, -0.25) is 0 Å². The summed E-state index contributed by atoms with van der Waals surface area (Å²) in [6, 6.07) is 10.6. The first-order valence-corrected chi connectivity index (χ1v) is 11.8. The Balaban J connectivity index is 1.49. The van der Waals surface area contributed by atoms with Gasteiger partial charge in [-0.1, -0.05) is 27.2 Å². The number of halogens is 2. The molecule has 2 aromatic carbocycles. The highest BCUT2D eigenvalue weighted by Crippen LogP contribution is 2.42. The maximum Gasteiger partial charge on any atom is 0.250 e. The molecule has 1 atom stereocenters. The predicted molar refractivity (Wildman–Crippen MR) is 132 cm³/mol. The van der Waals surface area contributed by atoms with Crippen molar-refractivity contribution in [2.24, 2.45) is 10.9 Å². The van der Waals surface area contributed by atoms with Crippen LogP contribution in [0.4, 0.5) is 4.39 Å². The molecule has 3 aromatic rings. The first kappa shape index (κ1) is 22.6. The van der Waals surface area contributed by atoms with E-state index in [-0.39, 0.29) is 12.4 Å². The van der Waals surface area contributed by atoms with E-state index < -0.39 is 5.72 Å². The van der Waals surface area contributed by atoms with Crippen LogP contribution in [0.2, 0.25) is 0 Å². The summed E-state index contributed by atoms with van der Waals surface area (Å²) in [5, 5.41) is 4.45. The number of hydrogen-bond acceptors (Lipinski definition) is 6. The highest BCUT2D eigenvalue weighted by molar-refractivity contribution is 9.10. The molecule has 0 aliphatic carbocycles. The van der Waals surface area contributed by atoms with Crippen LogP contribution in [0.25, 0.3) is 11.8 Å². The Labute approximate surface area is 205 Å². The number of hydrogen-bond donors (Lipinski definition) is 1. The Hall–Kier alpha value is -3.17. The molecule has 9 heteroatoms. The van der Waals surface area contributed by atoms with E-state index in [9.17, 15) is 4.39 Å². The molecule has 0 bridgehead atoms. The molecule has 0 saturated carbocycles. The fraction of sp³-hybridized carbons (Fsp3) is 0.280. The van der Waals surface area contributed by atoms with Gasteiger partial charge >= 0.3 is 0 Å². The highest BCUT2D eigenvalue weighted by Gasteiger charge is 2.49. The summed E-state index contributed by atoms with van der Waals surface area (Å²) >= 11 is 3.47. The van der Waals surface area contributed by atoms with E-state index in [1.54, 1.807) is 19.5 Å². The van der Waals surface area contributed by atoms with Crippen molar-refractivity contribution < 1.29 is 14.0 Å². The summed E-state index contributed by atoms with van der Waals surface area (Å²) in [5.41, 5.74) is 9.88. The molecule has 2 N–H and O–H groups in total. The van der Waals surface area contributed by atoms with E-state index >= 15 is 0 Å². The molecule has 1 aromatic heterocycles. The SMILES string of the molecule is COc1cc(/C=C2\CCCN3C2=NO[C@@]3(CN)c2ccc(F)cc2Br)ccc1-n1cnc(C)c1. The van der Waals surface area contributed by atoms with Gasteiger partial charge in [-0.15, -0.1) is 0 Å². The summed E-state index contributed by atoms with van der Waals surface area (Å²) in [6.07, 6.45) is 7.60. The number of amidine groups is 1. The third-order valence-electron chi connectivity index (χ3n) is 6.25. The maximum absolute atomic E-state index is 13.7. The van der Waals surface area contributed by atoms with Gasteiger partial charge in [0.1, 0.15) is 11.6 Å². The molecule has 176 valence electrons. The average molecular weight is 526 g/mol. The van der Waals surface area contributed by atoms with E-state index in [1.165, 1.54) is 12.1 Å². The number of fused-ring (bicyclic) bond motifs is 1. The number of aryl methyl sites for hydroxylation is 1. The second-order valence-corrected chi connectivity index (χ2v) is 9.25. The lowest BCUT2D eigenvalue weighted by Crippen LogP contribution is -2.53. The molecule has 7 nitrogen and oxygen atoms in total. The minimum Gasteiger partial charge on any atom is -0.495 e. The topological polar surface area (TPSA) is 77.9 Å². The Morgan fingerprint density at radius 3 is 2.85 bits per heavy atom. The van der Waals surface area contributed by atoms with Crippen LogP contribution in [-0.2, 0) is 10.6 Å². The molecule has 1 fully saturated rings. The minimum atomic E-state index is -0.984. The fourth-order valence-corrected chi connectivity index (χ4v) is 5.25. The van der Waals surface area contributed by atoms with Gasteiger partial charge in [0.05, 0.1) is 31.4 Å². The van der Waals surface area contributed by atoms with Crippen molar-refractivity contribution in [2.45, 2.75) is 25.5 Å². The number of rotatable bonds is 5. The van der Waals surface area contributed by atoms with Gasteiger partial charge in [-0.05, 0) is 67.3 Å². The minimum absolute atomic E-state index is 0.171. The van der Waals surface area contributed by atoms with Crippen molar-refractivity contribution in [3.8, 4) is 11.4 Å². The van der Waals surface area contributed by atoms with Gasteiger partial charge in [0.2, 0.25) is 0 Å².